The van der Waals surface area contributed by atoms with Crippen LogP contribution in [0.4, 0.5) is 4.79 Å². The lowest BCUT2D eigenvalue weighted by Crippen LogP contribution is -2.43. The van der Waals surface area contributed by atoms with Gasteiger partial charge in [0, 0.05) is 25.6 Å². The van der Waals surface area contributed by atoms with Crippen LogP contribution < -0.4 is 5.32 Å². The highest BCUT2D eigenvalue weighted by molar-refractivity contribution is 5.86. The van der Waals surface area contributed by atoms with E-state index in [9.17, 15) is 4.79 Å². The van der Waals surface area contributed by atoms with E-state index in [1.165, 1.54) is 10.8 Å². The molecule has 2 aromatic heterocycles. The Morgan fingerprint density at radius 1 is 1.03 bits per heavy atom. The standard InChI is InChI=1S/C23H22N4O3/c28-23(24-15-18-7-3-6-16-5-1-2-8-19(16)18)27-12-10-17(11-13-27)21-25-26-22(30-21)20-9-4-14-29-20/h1-9,14,17H,10-13,15H2,(H,24,28). The molecule has 1 N–H and O–H groups in total. The second-order valence-corrected chi connectivity index (χ2v) is 7.48. The van der Waals surface area contributed by atoms with Crippen LogP contribution in [0.3, 0.4) is 0 Å². The maximum Gasteiger partial charge on any atom is 0.317 e. The minimum atomic E-state index is -0.0387. The minimum Gasteiger partial charge on any atom is -0.459 e. The third kappa shape index (κ3) is 3.66. The van der Waals surface area contributed by atoms with Crippen molar-refractivity contribution in [2.24, 2.45) is 0 Å². The summed E-state index contributed by atoms with van der Waals surface area (Å²) in [6, 6.07) is 17.9. The Balaban J connectivity index is 1.17. The van der Waals surface area contributed by atoms with Crippen LogP contribution in [0.15, 0.2) is 69.7 Å². The maximum absolute atomic E-state index is 12.7. The van der Waals surface area contributed by atoms with E-state index in [1.54, 1.807) is 18.4 Å². The van der Waals surface area contributed by atoms with Crippen molar-refractivity contribution in [3.63, 3.8) is 0 Å². The van der Waals surface area contributed by atoms with Crippen molar-refractivity contribution in [3.8, 4) is 11.7 Å². The number of hydrogen-bond donors (Lipinski definition) is 1. The summed E-state index contributed by atoms with van der Waals surface area (Å²) >= 11 is 0. The Morgan fingerprint density at radius 3 is 2.70 bits per heavy atom. The monoisotopic (exact) mass is 402 g/mol. The molecule has 0 aliphatic carbocycles. The van der Waals surface area contributed by atoms with Gasteiger partial charge in [-0.3, -0.25) is 0 Å². The highest BCUT2D eigenvalue weighted by Crippen LogP contribution is 2.29. The number of piperidine rings is 1. The highest BCUT2D eigenvalue weighted by Gasteiger charge is 2.27. The van der Waals surface area contributed by atoms with Crippen LogP contribution in [0, 0.1) is 0 Å². The molecule has 0 atom stereocenters. The summed E-state index contributed by atoms with van der Waals surface area (Å²) < 4.78 is 11.1. The number of carbonyl (C=O) groups is 1. The van der Waals surface area contributed by atoms with Gasteiger partial charge in [-0.15, -0.1) is 10.2 Å². The molecule has 0 spiro atoms. The van der Waals surface area contributed by atoms with Gasteiger partial charge in [-0.1, -0.05) is 42.5 Å². The Bertz CT molecular complexity index is 1140. The first-order chi connectivity index (χ1) is 14.8. The van der Waals surface area contributed by atoms with Crippen LogP contribution in [0.2, 0.25) is 0 Å². The van der Waals surface area contributed by atoms with Crippen molar-refractivity contribution in [3.05, 3.63) is 72.3 Å². The molecule has 7 nitrogen and oxygen atoms in total. The topological polar surface area (TPSA) is 84.4 Å². The first kappa shape index (κ1) is 18.4. The highest BCUT2D eigenvalue weighted by atomic mass is 16.4. The van der Waals surface area contributed by atoms with Crippen molar-refractivity contribution < 1.29 is 13.6 Å². The SMILES string of the molecule is O=C(NCc1cccc2ccccc12)N1CCC(c2nnc(-c3ccco3)o2)CC1. The summed E-state index contributed by atoms with van der Waals surface area (Å²) in [5, 5.41) is 13.7. The van der Waals surface area contributed by atoms with Crippen LogP contribution in [-0.4, -0.2) is 34.2 Å². The molecule has 3 heterocycles. The van der Waals surface area contributed by atoms with Crippen molar-refractivity contribution >= 4 is 16.8 Å². The normalized spacial score (nSPS) is 14.9. The molecule has 0 unspecified atom stereocenters. The van der Waals surface area contributed by atoms with Crippen LogP contribution in [0.1, 0.15) is 30.2 Å². The van der Waals surface area contributed by atoms with E-state index < -0.39 is 0 Å². The molecule has 5 rings (SSSR count). The third-order valence-electron chi connectivity index (χ3n) is 5.61. The first-order valence-corrected chi connectivity index (χ1v) is 10.1. The number of aromatic nitrogens is 2. The fraction of sp³-hybridized carbons (Fsp3) is 0.261. The molecule has 1 aliphatic rings. The summed E-state index contributed by atoms with van der Waals surface area (Å²) in [5.41, 5.74) is 1.12. The zero-order chi connectivity index (χ0) is 20.3. The third-order valence-corrected chi connectivity index (χ3v) is 5.61. The number of nitrogens with one attached hydrogen (secondary N) is 1. The number of nitrogens with zero attached hydrogens (tertiary/aromatic N) is 3. The van der Waals surface area contributed by atoms with E-state index in [4.69, 9.17) is 8.83 Å². The second-order valence-electron chi connectivity index (χ2n) is 7.48. The summed E-state index contributed by atoms with van der Waals surface area (Å²) in [5.74, 6) is 1.73. The van der Waals surface area contributed by atoms with Crippen LogP contribution in [-0.2, 0) is 6.54 Å². The maximum atomic E-state index is 12.7. The summed E-state index contributed by atoms with van der Waals surface area (Å²) in [6.07, 6.45) is 3.16. The van der Waals surface area contributed by atoms with Gasteiger partial charge in [-0.25, -0.2) is 4.79 Å². The van der Waals surface area contributed by atoms with Crippen LogP contribution >= 0.6 is 0 Å². The fourth-order valence-electron chi connectivity index (χ4n) is 3.96. The number of rotatable bonds is 4. The van der Waals surface area contributed by atoms with Gasteiger partial charge in [0.15, 0.2) is 5.76 Å². The molecule has 0 radical (unpaired) electrons. The van der Waals surface area contributed by atoms with E-state index in [-0.39, 0.29) is 11.9 Å². The predicted molar refractivity (Wildman–Crippen MR) is 112 cm³/mol. The number of fused-ring (bicyclic) bond motifs is 1. The molecule has 30 heavy (non-hydrogen) atoms. The van der Waals surface area contributed by atoms with E-state index in [0.29, 0.717) is 37.2 Å². The minimum absolute atomic E-state index is 0.0387. The average Bonchev–Trinajstić information content (AvgIpc) is 3.49. The number of benzene rings is 2. The van der Waals surface area contributed by atoms with Crippen LogP contribution in [0.25, 0.3) is 22.4 Å². The molecule has 4 aromatic rings. The molecule has 2 amide bonds. The summed E-state index contributed by atoms with van der Waals surface area (Å²) in [4.78, 5) is 14.5. The lowest BCUT2D eigenvalue weighted by atomic mass is 9.97. The van der Waals surface area contributed by atoms with Crippen molar-refractivity contribution in [2.75, 3.05) is 13.1 Å². The van der Waals surface area contributed by atoms with Crippen LogP contribution in [0.5, 0.6) is 0 Å². The molecule has 2 aromatic carbocycles. The number of urea groups is 1. The quantitative estimate of drug-likeness (QED) is 0.540. The van der Waals surface area contributed by atoms with Gasteiger partial charge in [0.1, 0.15) is 0 Å². The molecule has 152 valence electrons. The zero-order valence-electron chi connectivity index (χ0n) is 16.5. The molecule has 1 aliphatic heterocycles. The molecule has 0 saturated carbocycles. The molecular formula is C23H22N4O3. The number of furan rings is 1. The Kier molecular flexibility index (Phi) is 4.93. The van der Waals surface area contributed by atoms with Gasteiger partial charge < -0.3 is 19.1 Å². The fourth-order valence-corrected chi connectivity index (χ4v) is 3.96. The number of likely N-dealkylation sites (tertiary alicyclic amines) is 1. The Labute approximate surface area is 173 Å². The summed E-state index contributed by atoms with van der Waals surface area (Å²) in [6.45, 7) is 1.82. The molecule has 7 heteroatoms. The van der Waals surface area contributed by atoms with E-state index in [1.807, 2.05) is 23.1 Å². The smallest absolute Gasteiger partial charge is 0.317 e. The van der Waals surface area contributed by atoms with Gasteiger partial charge in [-0.05, 0) is 41.3 Å². The molecule has 1 fully saturated rings. The number of amides is 2. The van der Waals surface area contributed by atoms with Crippen molar-refractivity contribution in [1.29, 1.82) is 0 Å². The van der Waals surface area contributed by atoms with Gasteiger partial charge in [0.05, 0.1) is 6.26 Å². The summed E-state index contributed by atoms with van der Waals surface area (Å²) in [7, 11) is 0. The van der Waals surface area contributed by atoms with Gasteiger partial charge in [0.25, 0.3) is 5.89 Å². The lowest BCUT2D eigenvalue weighted by Gasteiger charge is -2.30. The van der Waals surface area contributed by atoms with E-state index >= 15 is 0 Å². The Morgan fingerprint density at radius 2 is 1.87 bits per heavy atom. The predicted octanol–water partition coefficient (Wildman–Crippen LogP) is 4.57. The number of hydrogen-bond acceptors (Lipinski definition) is 5. The van der Waals surface area contributed by atoms with E-state index in [0.717, 1.165) is 18.4 Å². The second kappa shape index (κ2) is 8.02. The van der Waals surface area contributed by atoms with E-state index in [2.05, 4.69) is 39.8 Å². The molecular weight excluding hydrogens is 380 g/mol. The zero-order valence-corrected chi connectivity index (χ0v) is 16.5. The molecule has 0 bridgehead atoms. The van der Waals surface area contributed by atoms with Crippen molar-refractivity contribution in [1.82, 2.24) is 20.4 Å². The Hall–Kier alpha value is -3.61. The first-order valence-electron chi connectivity index (χ1n) is 10.1. The van der Waals surface area contributed by atoms with Gasteiger partial charge in [0.2, 0.25) is 5.89 Å². The van der Waals surface area contributed by atoms with Gasteiger partial charge in [-0.2, -0.15) is 0 Å². The number of carbonyl (C=O) groups excluding carboxylic acids is 1. The molecule has 1 saturated heterocycles. The lowest BCUT2D eigenvalue weighted by molar-refractivity contribution is 0.177. The largest absolute Gasteiger partial charge is 0.459 e. The average molecular weight is 402 g/mol. The van der Waals surface area contributed by atoms with Crippen molar-refractivity contribution in [2.45, 2.75) is 25.3 Å². The van der Waals surface area contributed by atoms with Gasteiger partial charge >= 0.3 is 6.03 Å².